The highest BCUT2D eigenvalue weighted by Crippen LogP contribution is 2.21. The number of amides is 1. The second-order valence-electron chi connectivity index (χ2n) is 6.09. The van der Waals surface area contributed by atoms with Crippen LogP contribution in [0.3, 0.4) is 0 Å². The molecule has 3 nitrogen and oxygen atoms in total. The van der Waals surface area contributed by atoms with Crippen LogP contribution in [0.15, 0.2) is 24.3 Å². The lowest BCUT2D eigenvalue weighted by Gasteiger charge is -2.21. The van der Waals surface area contributed by atoms with Crippen molar-refractivity contribution in [1.29, 1.82) is 0 Å². The molecule has 1 rings (SSSR count). The molecule has 3 heteroatoms. The van der Waals surface area contributed by atoms with Crippen molar-refractivity contribution in [3.8, 4) is 0 Å². The summed E-state index contributed by atoms with van der Waals surface area (Å²) >= 11 is 0. The molecule has 0 fully saturated rings. The van der Waals surface area contributed by atoms with Gasteiger partial charge < -0.3 is 10.6 Å². The Kier molecular flexibility index (Phi) is 4.52. The van der Waals surface area contributed by atoms with Gasteiger partial charge in [0, 0.05) is 5.56 Å². The van der Waals surface area contributed by atoms with Crippen molar-refractivity contribution in [3.05, 3.63) is 35.4 Å². The number of nitrogens with one attached hydrogen (secondary N) is 1. The van der Waals surface area contributed by atoms with Gasteiger partial charge in [0.05, 0.1) is 7.05 Å². The zero-order valence-electron chi connectivity index (χ0n) is 12.1. The van der Waals surface area contributed by atoms with Crippen LogP contribution in [0, 0.1) is 0 Å². The van der Waals surface area contributed by atoms with Gasteiger partial charge in [-0.05, 0) is 17.9 Å². The molecule has 0 bridgehead atoms. The maximum atomic E-state index is 11.1. The van der Waals surface area contributed by atoms with Gasteiger partial charge in [0.25, 0.3) is 5.91 Å². The molecule has 0 aliphatic rings. The minimum atomic E-state index is -0.251. The van der Waals surface area contributed by atoms with Crippen molar-refractivity contribution >= 4 is 5.91 Å². The first kappa shape index (κ1) is 14.7. The smallest absolute Gasteiger partial charge is 0.275 e. The number of hydrogen-bond donors (Lipinski definition) is 2. The molecule has 0 saturated carbocycles. The van der Waals surface area contributed by atoms with Crippen LogP contribution in [-0.2, 0) is 16.8 Å². The van der Waals surface area contributed by atoms with E-state index in [2.05, 4.69) is 45.0 Å². The fraction of sp³-hybridized carbons (Fsp3) is 0.533. The van der Waals surface area contributed by atoms with E-state index in [9.17, 15) is 4.79 Å². The molecule has 0 heterocycles. The second-order valence-corrected chi connectivity index (χ2v) is 6.09. The summed E-state index contributed by atoms with van der Waals surface area (Å²) in [4.78, 5) is 12.2. The van der Waals surface area contributed by atoms with Crippen molar-refractivity contribution in [3.63, 3.8) is 0 Å². The van der Waals surface area contributed by atoms with Crippen LogP contribution in [0.25, 0.3) is 0 Å². The van der Waals surface area contributed by atoms with Crippen LogP contribution < -0.4 is 10.6 Å². The van der Waals surface area contributed by atoms with E-state index in [1.807, 2.05) is 14.0 Å². The van der Waals surface area contributed by atoms with Gasteiger partial charge in [-0.3, -0.25) is 4.79 Å². The lowest BCUT2D eigenvalue weighted by atomic mass is 9.87. The fourth-order valence-corrected chi connectivity index (χ4v) is 1.84. The van der Waals surface area contributed by atoms with Crippen molar-refractivity contribution in [2.24, 2.45) is 5.73 Å². The van der Waals surface area contributed by atoms with Gasteiger partial charge in [0.2, 0.25) is 0 Å². The van der Waals surface area contributed by atoms with Crippen molar-refractivity contribution in [1.82, 2.24) is 0 Å². The number of carbonyl (C=O) groups excluding carboxylic acids is 1. The van der Waals surface area contributed by atoms with Gasteiger partial charge in [-0.1, -0.05) is 45.0 Å². The first-order valence-electron chi connectivity index (χ1n) is 6.43. The van der Waals surface area contributed by atoms with Crippen LogP contribution in [0.5, 0.6) is 0 Å². The van der Waals surface area contributed by atoms with Crippen molar-refractivity contribution < 1.29 is 9.69 Å². The van der Waals surface area contributed by atoms with Gasteiger partial charge in [0.15, 0.2) is 6.04 Å². The summed E-state index contributed by atoms with van der Waals surface area (Å²) in [6.07, 6.45) is 0. The van der Waals surface area contributed by atoms with E-state index in [0.29, 0.717) is 0 Å². The maximum absolute atomic E-state index is 11.1. The third-order valence-corrected chi connectivity index (χ3v) is 3.47. The Balaban J connectivity index is 2.73. The standard InChI is InChI=1S/C15H24N2O/c1-11(14(16)18)17(5)10-12-6-8-13(9-7-12)15(2,3)4/h6-9,11H,10H2,1-5H3,(H2,16,18)/p+1/t11-/m0/s1. The molecule has 0 aliphatic carbocycles. The lowest BCUT2D eigenvalue weighted by molar-refractivity contribution is -0.908. The van der Waals surface area contributed by atoms with E-state index >= 15 is 0 Å². The second kappa shape index (κ2) is 5.53. The fourth-order valence-electron chi connectivity index (χ4n) is 1.84. The first-order valence-corrected chi connectivity index (χ1v) is 6.43. The van der Waals surface area contributed by atoms with Crippen LogP contribution >= 0.6 is 0 Å². The summed E-state index contributed by atoms with van der Waals surface area (Å²) in [6.45, 7) is 9.29. The van der Waals surface area contributed by atoms with Crippen LogP contribution in [-0.4, -0.2) is 19.0 Å². The normalized spacial score (nSPS) is 15.2. The molecule has 0 saturated heterocycles. The third-order valence-electron chi connectivity index (χ3n) is 3.47. The minimum absolute atomic E-state index is 0.160. The number of benzene rings is 1. The molecule has 0 radical (unpaired) electrons. The number of nitrogens with two attached hydrogens (primary N) is 1. The van der Waals surface area contributed by atoms with E-state index in [0.717, 1.165) is 11.4 Å². The zero-order valence-corrected chi connectivity index (χ0v) is 12.1. The summed E-state index contributed by atoms with van der Waals surface area (Å²) in [6, 6.07) is 8.44. The molecule has 1 unspecified atom stereocenters. The molecule has 2 atom stereocenters. The van der Waals surface area contributed by atoms with Crippen LogP contribution in [0.1, 0.15) is 38.8 Å². The molecular weight excluding hydrogens is 224 g/mol. The van der Waals surface area contributed by atoms with E-state index in [1.54, 1.807) is 0 Å². The number of hydrogen-bond acceptors (Lipinski definition) is 1. The molecular formula is C15H25N2O+. The van der Waals surface area contributed by atoms with E-state index in [-0.39, 0.29) is 17.4 Å². The number of quaternary nitrogens is 1. The van der Waals surface area contributed by atoms with Gasteiger partial charge in [0.1, 0.15) is 6.54 Å². The predicted molar refractivity (Wildman–Crippen MR) is 74.4 cm³/mol. The summed E-state index contributed by atoms with van der Waals surface area (Å²) < 4.78 is 0. The van der Waals surface area contributed by atoms with Crippen molar-refractivity contribution in [2.45, 2.75) is 45.7 Å². The van der Waals surface area contributed by atoms with E-state index in [1.165, 1.54) is 11.1 Å². The molecule has 1 aromatic rings. The van der Waals surface area contributed by atoms with Gasteiger partial charge >= 0.3 is 0 Å². The largest absolute Gasteiger partial charge is 0.365 e. The Morgan fingerprint density at radius 2 is 1.78 bits per heavy atom. The highest BCUT2D eigenvalue weighted by Gasteiger charge is 2.19. The SMILES string of the molecule is C[C@@H](C(N)=O)[NH+](C)Cc1ccc(C(C)(C)C)cc1. The Morgan fingerprint density at radius 1 is 1.28 bits per heavy atom. The van der Waals surface area contributed by atoms with Crippen LogP contribution in [0.4, 0.5) is 0 Å². The highest BCUT2D eigenvalue weighted by atomic mass is 16.1. The molecule has 0 aliphatic heterocycles. The highest BCUT2D eigenvalue weighted by molar-refractivity contribution is 5.77. The molecule has 1 amide bonds. The Bertz CT molecular complexity index is 403. The Morgan fingerprint density at radius 3 is 2.17 bits per heavy atom. The molecule has 100 valence electrons. The average molecular weight is 249 g/mol. The van der Waals surface area contributed by atoms with E-state index in [4.69, 9.17) is 5.73 Å². The molecule has 18 heavy (non-hydrogen) atoms. The van der Waals surface area contributed by atoms with Crippen LogP contribution in [0.2, 0.25) is 0 Å². The Hall–Kier alpha value is -1.35. The summed E-state index contributed by atoms with van der Waals surface area (Å²) in [7, 11) is 1.99. The minimum Gasteiger partial charge on any atom is -0.365 e. The van der Waals surface area contributed by atoms with Gasteiger partial charge in [-0.2, -0.15) is 0 Å². The topological polar surface area (TPSA) is 47.5 Å². The molecule has 0 aromatic heterocycles. The lowest BCUT2D eigenvalue weighted by Crippen LogP contribution is -3.12. The van der Waals surface area contributed by atoms with Crippen molar-refractivity contribution in [2.75, 3.05) is 7.05 Å². The molecule has 0 spiro atoms. The molecule has 3 N–H and O–H groups in total. The van der Waals surface area contributed by atoms with E-state index < -0.39 is 0 Å². The summed E-state index contributed by atoms with van der Waals surface area (Å²) in [5.41, 5.74) is 8.05. The number of primary amides is 1. The predicted octanol–water partition coefficient (Wildman–Crippen LogP) is 0.873. The summed E-state index contributed by atoms with van der Waals surface area (Å²) in [5, 5.41) is 0. The van der Waals surface area contributed by atoms with Gasteiger partial charge in [-0.25, -0.2) is 0 Å². The number of carbonyl (C=O) groups is 1. The monoisotopic (exact) mass is 249 g/mol. The zero-order chi connectivity index (χ0) is 13.9. The van der Waals surface area contributed by atoms with Gasteiger partial charge in [-0.15, -0.1) is 0 Å². The number of likely N-dealkylation sites (N-methyl/N-ethyl adjacent to an activating group) is 1. The quantitative estimate of drug-likeness (QED) is 0.817. The Labute approximate surface area is 110 Å². The maximum Gasteiger partial charge on any atom is 0.275 e. The summed E-state index contributed by atoms with van der Waals surface area (Å²) in [5.74, 6) is -0.251. The molecule has 1 aromatic carbocycles. The first-order chi connectivity index (χ1) is 8.21. The average Bonchev–Trinajstić information content (AvgIpc) is 2.27. The third kappa shape index (κ3) is 3.84. The number of rotatable bonds is 4.